The maximum Gasteiger partial charge on any atom is 0.252 e. The van der Waals surface area contributed by atoms with Crippen molar-refractivity contribution in [1.82, 2.24) is 4.31 Å². The third kappa shape index (κ3) is 3.35. The lowest BCUT2D eigenvalue weighted by atomic mass is 9.99. The molecule has 0 spiro atoms. The molecule has 0 bridgehead atoms. The van der Waals surface area contributed by atoms with Crippen LogP contribution < -0.4 is 5.90 Å². The number of hydrogen-bond acceptors (Lipinski definition) is 5. The first-order valence-corrected chi connectivity index (χ1v) is 8.74. The van der Waals surface area contributed by atoms with Gasteiger partial charge in [0.15, 0.2) is 0 Å². The maximum atomic E-state index is 12.5. The van der Waals surface area contributed by atoms with E-state index < -0.39 is 10.0 Å². The van der Waals surface area contributed by atoms with Gasteiger partial charge >= 0.3 is 0 Å². The number of piperidine rings is 1. The molecule has 19 heavy (non-hydrogen) atoms. The summed E-state index contributed by atoms with van der Waals surface area (Å²) in [6.45, 7) is 3.64. The molecule has 2 rings (SSSR count). The van der Waals surface area contributed by atoms with Crippen LogP contribution in [0.4, 0.5) is 0 Å². The van der Waals surface area contributed by atoms with E-state index in [9.17, 15) is 8.42 Å². The second kappa shape index (κ2) is 6.32. The molecule has 0 amide bonds. The molecule has 0 aliphatic carbocycles. The lowest BCUT2D eigenvalue weighted by Crippen LogP contribution is -2.39. The van der Waals surface area contributed by atoms with Crippen molar-refractivity contribution in [2.75, 3.05) is 19.7 Å². The monoisotopic (exact) mass is 304 g/mol. The van der Waals surface area contributed by atoms with Crippen molar-refractivity contribution in [1.29, 1.82) is 0 Å². The largest absolute Gasteiger partial charge is 0.304 e. The molecule has 0 atom stereocenters. The summed E-state index contributed by atoms with van der Waals surface area (Å²) < 4.78 is 27.0. The van der Waals surface area contributed by atoms with Crippen LogP contribution in [-0.2, 0) is 21.3 Å². The smallest absolute Gasteiger partial charge is 0.252 e. The number of aryl methyl sites for hydroxylation is 1. The van der Waals surface area contributed by atoms with Crippen LogP contribution in [0.3, 0.4) is 0 Å². The Morgan fingerprint density at radius 1 is 1.42 bits per heavy atom. The molecule has 1 aliphatic rings. The van der Waals surface area contributed by atoms with Gasteiger partial charge in [-0.25, -0.2) is 14.3 Å². The average Bonchev–Trinajstić information content (AvgIpc) is 2.89. The van der Waals surface area contributed by atoms with Gasteiger partial charge in [0.1, 0.15) is 4.21 Å². The van der Waals surface area contributed by atoms with E-state index in [0.29, 0.717) is 29.8 Å². The quantitative estimate of drug-likeness (QED) is 0.839. The molecule has 0 radical (unpaired) electrons. The molecule has 1 fully saturated rings. The van der Waals surface area contributed by atoms with Crippen LogP contribution in [-0.4, -0.2) is 32.4 Å². The highest BCUT2D eigenvalue weighted by Crippen LogP contribution is 2.28. The topological polar surface area (TPSA) is 72.6 Å². The fraction of sp³-hybridized carbons (Fsp3) is 0.667. The minimum atomic E-state index is -3.31. The molecule has 108 valence electrons. The van der Waals surface area contributed by atoms with Crippen molar-refractivity contribution < 1.29 is 13.3 Å². The molecule has 7 heteroatoms. The summed E-state index contributed by atoms with van der Waals surface area (Å²) >= 11 is 1.37. The highest BCUT2D eigenvalue weighted by atomic mass is 32.2. The molecule has 0 aromatic carbocycles. The number of rotatable bonds is 5. The van der Waals surface area contributed by atoms with Gasteiger partial charge in [0.25, 0.3) is 10.0 Å². The third-order valence-corrected chi connectivity index (χ3v) is 7.08. The van der Waals surface area contributed by atoms with Crippen LogP contribution in [0.2, 0.25) is 0 Å². The van der Waals surface area contributed by atoms with Gasteiger partial charge in [-0.15, -0.1) is 11.3 Å². The van der Waals surface area contributed by atoms with Gasteiger partial charge < -0.3 is 4.84 Å². The molecular formula is C12H20N2O3S2. The Morgan fingerprint density at radius 3 is 2.63 bits per heavy atom. The Kier molecular flexibility index (Phi) is 4.97. The number of hydrogen-bond donors (Lipinski definition) is 1. The molecule has 1 aliphatic heterocycles. The molecule has 0 unspecified atom stereocenters. The average molecular weight is 304 g/mol. The van der Waals surface area contributed by atoms with Crippen LogP contribution in [0.1, 0.15) is 24.6 Å². The van der Waals surface area contributed by atoms with Gasteiger partial charge in [-0.3, -0.25) is 0 Å². The van der Waals surface area contributed by atoms with Gasteiger partial charge in [0.05, 0.1) is 6.61 Å². The molecule has 0 saturated carbocycles. The van der Waals surface area contributed by atoms with E-state index in [1.165, 1.54) is 11.3 Å². The summed E-state index contributed by atoms with van der Waals surface area (Å²) in [6, 6.07) is 3.61. The number of nitrogens with two attached hydrogens (primary N) is 1. The number of thiophene rings is 1. The van der Waals surface area contributed by atoms with Gasteiger partial charge in [-0.2, -0.15) is 4.31 Å². The van der Waals surface area contributed by atoms with Crippen LogP contribution in [0.15, 0.2) is 16.3 Å². The Hall–Kier alpha value is -0.470. The fourth-order valence-corrected chi connectivity index (χ4v) is 5.19. The molecule has 1 saturated heterocycles. The predicted octanol–water partition coefficient (Wildman–Crippen LogP) is 1.60. The summed E-state index contributed by atoms with van der Waals surface area (Å²) in [4.78, 5) is 5.74. The van der Waals surface area contributed by atoms with E-state index in [1.54, 1.807) is 10.4 Å². The first-order chi connectivity index (χ1) is 9.07. The van der Waals surface area contributed by atoms with Gasteiger partial charge in [0, 0.05) is 18.0 Å². The van der Waals surface area contributed by atoms with Crippen molar-refractivity contribution in [3.05, 3.63) is 17.0 Å². The Balaban J connectivity index is 2.05. The molecule has 2 N–H and O–H groups in total. The molecule has 5 nitrogen and oxygen atoms in total. The zero-order chi connectivity index (χ0) is 13.9. The normalized spacial score (nSPS) is 18.8. The minimum Gasteiger partial charge on any atom is -0.304 e. The summed E-state index contributed by atoms with van der Waals surface area (Å²) in [7, 11) is -3.31. The van der Waals surface area contributed by atoms with Gasteiger partial charge in [-0.05, 0) is 37.3 Å². The summed E-state index contributed by atoms with van der Waals surface area (Å²) in [5.74, 6) is 5.43. The summed E-state index contributed by atoms with van der Waals surface area (Å²) in [5.41, 5.74) is 0. The number of sulfonamides is 1. The Morgan fingerprint density at radius 2 is 2.11 bits per heavy atom. The standard InChI is InChI=1S/C12H20N2O3S2/c1-2-11-3-4-12(18-11)19(15,16)14-7-5-10(6-8-14)9-17-13/h3-4,10H,2,5-9,13H2,1H3. The van der Waals surface area contributed by atoms with E-state index in [0.717, 1.165) is 24.1 Å². The summed E-state index contributed by atoms with van der Waals surface area (Å²) in [6.07, 6.45) is 2.49. The second-order valence-electron chi connectivity index (χ2n) is 4.76. The zero-order valence-corrected chi connectivity index (χ0v) is 12.7. The van der Waals surface area contributed by atoms with E-state index in [2.05, 4.69) is 4.84 Å². The van der Waals surface area contributed by atoms with E-state index >= 15 is 0 Å². The van der Waals surface area contributed by atoms with Crippen LogP contribution in [0, 0.1) is 5.92 Å². The Bertz CT molecular complexity index is 505. The van der Waals surface area contributed by atoms with Crippen molar-refractivity contribution in [2.45, 2.75) is 30.4 Å². The summed E-state index contributed by atoms with van der Waals surface area (Å²) in [5, 5.41) is 0. The molecule has 2 heterocycles. The highest BCUT2D eigenvalue weighted by molar-refractivity contribution is 7.91. The van der Waals surface area contributed by atoms with Crippen molar-refractivity contribution in [2.24, 2.45) is 11.8 Å². The predicted molar refractivity (Wildman–Crippen MR) is 75.3 cm³/mol. The van der Waals surface area contributed by atoms with Crippen molar-refractivity contribution in [3.63, 3.8) is 0 Å². The fourth-order valence-electron chi connectivity index (χ4n) is 2.27. The SMILES string of the molecule is CCc1ccc(S(=O)(=O)N2CCC(CON)CC2)s1. The second-order valence-corrected chi connectivity index (χ2v) is 8.09. The van der Waals surface area contributed by atoms with E-state index in [4.69, 9.17) is 5.90 Å². The lowest BCUT2D eigenvalue weighted by molar-refractivity contribution is 0.0805. The van der Waals surface area contributed by atoms with E-state index in [-0.39, 0.29) is 0 Å². The highest BCUT2D eigenvalue weighted by Gasteiger charge is 2.30. The molecule has 1 aromatic rings. The lowest BCUT2D eigenvalue weighted by Gasteiger charge is -2.30. The Labute approximate surface area is 118 Å². The minimum absolute atomic E-state index is 0.367. The number of nitrogens with zero attached hydrogens (tertiary/aromatic N) is 1. The maximum absolute atomic E-state index is 12.5. The van der Waals surface area contributed by atoms with E-state index in [1.807, 2.05) is 13.0 Å². The first kappa shape index (κ1) is 14.9. The van der Waals surface area contributed by atoms with Crippen LogP contribution in [0.5, 0.6) is 0 Å². The zero-order valence-electron chi connectivity index (χ0n) is 11.0. The first-order valence-electron chi connectivity index (χ1n) is 6.48. The third-order valence-electron chi connectivity index (χ3n) is 3.49. The molecule has 1 aromatic heterocycles. The van der Waals surface area contributed by atoms with Crippen molar-refractivity contribution in [3.8, 4) is 0 Å². The van der Waals surface area contributed by atoms with Gasteiger partial charge in [-0.1, -0.05) is 6.92 Å². The van der Waals surface area contributed by atoms with Crippen LogP contribution >= 0.6 is 11.3 Å². The molecular weight excluding hydrogens is 284 g/mol. The van der Waals surface area contributed by atoms with Crippen molar-refractivity contribution >= 4 is 21.4 Å². The van der Waals surface area contributed by atoms with Gasteiger partial charge in [0.2, 0.25) is 0 Å². The van der Waals surface area contributed by atoms with Crippen LogP contribution in [0.25, 0.3) is 0 Å².